The molecule has 1 N–H and O–H groups in total. The van der Waals surface area contributed by atoms with E-state index >= 15 is 0 Å². The Labute approximate surface area is 163 Å². The number of carbonyl (C=O) groups is 3. The van der Waals surface area contributed by atoms with Crippen LogP contribution in [0, 0.1) is 0 Å². The second-order valence-corrected chi connectivity index (χ2v) is 2.19. The van der Waals surface area contributed by atoms with Gasteiger partial charge in [-0.15, -0.1) is 0 Å². The summed E-state index contributed by atoms with van der Waals surface area (Å²) in [6, 6.07) is 0. The maximum absolute atomic E-state index is 10.1. The van der Waals surface area contributed by atoms with Gasteiger partial charge in [0, 0.05) is 12.4 Å². The third-order valence-electron chi connectivity index (χ3n) is 1.11. The molecule has 0 heterocycles. The van der Waals surface area contributed by atoms with Crippen LogP contribution in [0.2, 0.25) is 0 Å². The van der Waals surface area contributed by atoms with E-state index in [2.05, 4.69) is 4.74 Å². The van der Waals surface area contributed by atoms with E-state index in [1.165, 1.54) is 0 Å². The van der Waals surface area contributed by atoms with Crippen LogP contribution in [0.1, 0.15) is 6.42 Å². The van der Waals surface area contributed by atoms with E-state index in [1.807, 2.05) is 0 Å². The Morgan fingerprint density at radius 3 is 1.65 bits per heavy atom. The minimum absolute atomic E-state index is 0. The summed E-state index contributed by atoms with van der Waals surface area (Å²) in [6.45, 7) is 0. The van der Waals surface area contributed by atoms with Crippen molar-refractivity contribution in [2.75, 3.05) is 0 Å². The molecule has 11 heteroatoms. The summed E-state index contributed by atoms with van der Waals surface area (Å²) in [5.74, 6) is -5.85. The molecule has 0 bridgehead atoms. The molecule has 0 aliphatic carbocycles. The number of carboxylic acids is 3. The van der Waals surface area contributed by atoms with Crippen LogP contribution in [0.4, 0.5) is 0 Å². The van der Waals surface area contributed by atoms with Crippen molar-refractivity contribution in [3.8, 4) is 0 Å². The van der Waals surface area contributed by atoms with Crippen LogP contribution in [0.15, 0.2) is 0 Å². The van der Waals surface area contributed by atoms with Crippen molar-refractivity contribution in [3.05, 3.63) is 0 Å². The molecule has 2 unspecified atom stereocenters. The fraction of sp³-hybridized carbons (Fsp3) is 0.500. The summed E-state index contributed by atoms with van der Waals surface area (Å²) < 4.78 is 3.89. The van der Waals surface area contributed by atoms with Gasteiger partial charge < -0.3 is 39.5 Å². The fourth-order valence-corrected chi connectivity index (χ4v) is 0.550. The molecule has 2 atom stereocenters. The van der Waals surface area contributed by atoms with E-state index in [0.29, 0.717) is 0 Å². The predicted octanol–water partition coefficient (Wildman–Crippen LogP) is -14.7. The zero-order chi connectivity index (χ0) is 11.3. The molecule has 8 nitrogen and oxygen atoms in total. The first-order valence-corrected chi connectivity index (χ1v) is 3.29. The maximum Gasteiger partial charge on any atom is 1.00 e. The van der Waals surface area contributed by atoms with E-state index in [1.54, 1.807) is 0 Å². The number of aliphatic hydroxyl groups is 1. The SMILES string of the molecule is O=C([O-])CC(OC(O)C(=O)[O-])C(=O)[O-].[Na+].[Na+].[Na+]. The molecule has 0 saturated heterocycles. The Bertz CT molecular complexity index is 258. The number of hydrogen-bond donors (Lipinski definition) is 1. The summed E-state index contributed by atoms with van der Waals surface area (Å²) in [6.07, 6.45) is -5.77. The standard InChI is InChI=1S/C6H8O8.3Na/c7-3(8)1-2(4(9)10)14-6(13)5(11)12;;;/h2,6,13H,1H2,(H,7,8)(H,9,10)(H,11,12);;;/q;3*+1/p-3. The summed E-state index contributed by atoms with van der Waals surface area (Å²) in [4.78, 5) is 30.0. The van der Waals surface area contributed by atoms with Crippen LogP contribution >= 0.6 is 0 Å². The Morgan fingerprint density at radius 2 is 1.41 bits per heavy atom. The molecule has 80 valence electrons. The number of aliphatic carboxylic acids is 3. The molecule has 0 aromatic rings. The first kappa shape index (κ1) is 26.8. The number of carboxylic acid groups (broad SMARTS) is 3. The maximum atomic E-state index is 10.1. The monoisotopic (exact) mass is 274 g/mol. The zero-order valence-corrected chi connectivity index (χ0v) is 15.7. The third-order valence-corrected chi connectivity index (χ3v) is 1.11. The Hall–Kier alpha value is 1.33. The quantitative estimate of drug-likeness (QED) is 0.370. The Kier molecular flexibility index (Phi) is 21.7. The van der Waals surface area contributed by atoms with Gasteiger partial charge in [-0.3, -0.25) is 0 Å². The van der Waals surface area contributed by atoms with Crippen LogP contribution in [-0.2, 0) is 19.1 Å². The van der Waals surface area contributed by atoms with Crippen LogP contribution in [-0.4, -0.2) is 35.4 Å². The molecule has 0 aliphatic heterocycles. The second-order valence-electron chi connectivity index (χ2n) is 2.19. The van der Waals surface area contributed by atoms with Gasteiger partial charge in [0.05, 0.1) is 11.9 Å². The molecule has 0 radical (unpaired) electrons. The Morgan fingerprint density at radius 1 is 1.00 bits per heavy atom. The van der Waals surface area contributed by atoms with Gasteiger partial charge in [0.15, 0.2) is 6.29 Å². The van der Waals surface area contributed by atoms with E-state index < -0.39 is 36.7 Å². The van der Waals surface area contributed by atoms with Crippen molar-refractivity contribution >= 4 is 17.9 Å². The van der Waals surface area contributed by atoms with Gasteiger partial charge in [0.2, 0.25) is 0 Å². The van der Waals surface area contributed by atoms with Crippen molar-refractivity contribution in [1.29, 1.82) is 0 Å². The first-order valence-electron chi connectivity index (χ1n) is 3.29. The van der Waals surface area contributed by atoms with Gasteiger partial charge in [-0.1, -0.05) is 0 Å². The first-order chi connectivity index (χ1) is 6.34. The molecule has 0 rings (SSSR count). The van der Waals surface area contributed by atoms with Crippen LogP contribution in [0.5, 0.6) is 0 Å². The molecule has 0 amide bonds. The van der Waals surface area contributed by atoms with E-state index in [-0.39, 0.29) is 88.7 Å². The van der Waals surface area contributed by atoms with Gasteiger partial charge in [-0.05, 0) is 0 Å². The second kappa shape index (κ2) is 13.8. The Balaban J connectivity index is -0.000000282. The van der Waals surface area contributed by atoms with Crippen molar-refractivity contribution in [2.45, 2.75) is 18.8 Å². The van der Waals surface area contributed by atoms with Crippen molar-refractivity contribution in [1.82, 2.24) is 0 Å². The average molecular weight is 274 g/mol. The summed E-state index contributed by atoms with van der Waals surface area (Å²) in [5.41, 5.74) is 0. The van der Waals surface area contributed by atoms with Crippen molar-refractivity contribution in [2.24, 2.45) is 0 Å². The smallest absolute Gasteiger partial charge is 0.550 e. The topological polar surface area (TPSA) is 150 Å². The van der Waals surface area contributed by atoms with Crippen LogP contribution in [0.25, 0.3) is 0 Å². The fourth-order valence-electron chi connectivity index (χ4n) is 0.550. The van der Waals surface area contributed by atoms with Crippen LogP contribution in [0.3, 0.4) is 0 Å². The zero-order valence-electron chi connectivity index (χ0n) is 9.67. The third kappa shape index (κ3) is 13.6. The van der Waals surface area contributed by atoms with E-state index in [4.69, 9.17) is 5.11 Å². The molecular weight excluding hydrogens is 269 g/mol. The number of ether oxygens (including phenoxy) is 1. The predicted molar refractivity (Wildman–Crippen MR) is 30.5 cm³/mol. The number of hydrogen-bond acceptors (Lipinski definition) is 8. The number of rotatable bonds is 6. The summed E-state index contributed by atoms with van der Waals surface area (Å²) in [5, 5.41) is 38.4. The number of carbonyl (C=O) groups excluding carboxylic acids is 3. The average Bonchev–Trinajstić information content (AvgIpc) is 2.01. The largest absolute Gasteiger partial charge is 1.00 e. The van der Waals surface area contributed by atoms with Gasteiger partial charge >= 0.3 is 88.7 Å². The normalized spacial score (nSPS) is 11.8. The molecule has 0 aromatic heterocycles. The van der Waals surface area contributed by atoms with Gasteiger partial charge in [-0.2, -0.15) is 0 Å². The molecule has 0 fully saturated rings. The molecule has 0 aromatic carbocycles. The van der Waals surface area contributed by atoms with E-state index in [0.717, 1.165) is 0 Å². The van der Waals surface area contributed by atoms with Gasteiger partial charge in [-0.25, -0.2) is 0 Å². The molecule has 0 aliphatic rings. The molecular formula is C6H5Na3O8. The molecule has 0 spiro atoms. The van der Waals surface area contributed by atoms with Crippen molar-refractivity contribution < 1.29 is 128 Å². The van der Waals surface area contributed by atoms with Gasteiger partial charge in [0.25, 0.3) is 0 Å². The number of aliphatic hydroxyl groups excluding tert-OH is 1. The summed E-state index contributed by atoms with van der Waals surface area (Å²) >= 11 is 0. The minimum atomic E-state index is -2.53. The molecule has 17 heavy (non-hydrogen) atoms. The molecule has 0 saturated carbocycles. The van der Waals surface area contributed by atoms with E-state index in [9.17, 15) is 29.7 Å². The summed E-state index contributed by atoms with van der Waals surface area (Å²) in [7, 11) is 0. The van der Waals surface area contributed by atoms with Crippen LogP contribution < -0.4 is 104 Å². The van der Waals surface area contributed by atoms with Crippen molar-refractivity contribution in [3.63, 3.8) is 0 Å². The van der Waals surface area contributed by atoms with Gasteiger partial charge in [0.1, 0.15) is 6.10 Å². The minimum Gasteiger partial charge on any atom is -0.550 e.